The van der Waals surface area contributed by atoms with Gasteiger partial charge in [0.05, 0.1) is 6.54 Å². The van der Waals surface area contributed by atoms with E-state index in [0.717, 1.165) is 11.3 Å². The second-order valence-electron chi connectivity index (χ2n) is 4.06. The minimum absolute atomic E-state index is 0.168. The number of guanidine groups is 2. The van der Waals surface area contributed by atoms with Crippen LogP contribution in [0.5, 0.6) is 0 Å². The first-order valence-corrected chi connectivity index (χ1v) is 6.10. The summed E-state index contributed by atoms with van der Waals surface area (Å²) in [6, 6.07) is 13.3. The van der Waals surface area contributed by atoms with E-state index in [1.54, 1.807) is 12.4 Å². The van der Waals surface area contributed by atoms with Gasteiger partial charge in [-0.1, -0.05) is 24.3 Å². The fraction of sp³-hybridized carbons (Fsp3) is 0.0714. The molecule has 0 unspecified atom stereocenters. The molecule has 5 N–H and O–H groups in total. The molecule has 0 saturated heterocycles. The molecular formula is C14H16N6. The molecule has 0 atom stereocenters. The summed E-state index contributed by atoms with van der Waals surface area (Å²) in [6.45, 7) is 0.448. The van der Waals surface area contributed by atoms with Crippen molar-refractivity contribution < 1.29 is 0 Å². The molecule has 0 amide bonds. The predicted octanol–water partition coefficient (Wildman–Crippen LogP) is 1.53. The number of hydrogen-bond acceptors (Lipinski definition) is 3. The van der Waals surface area contributed by atoms with Gasteiger partial charge in [-0.05, 0) is 23.8 Å². The van der Waals surface area contributed by atoms with Crippen LogP contribution in [0.25, 0.3) is 0 Å². The molecule has 1 aromatic heterocycles. The smallest absolute Gasteiger partial charge is 0.202 e. The van der Waals surface area contributed by atoms with Crippen molar-refractivity contribution in [2.75, 3.05) is 5.32 Å². The van der Waals surface area contributed by atoms with Gasteiger partial charge in [-0.25, -0.2) is 4.99 Å². The average Bonchev–Trinajstić information content (AvgIpc) is 2.46. The van der Waals surface area contributed by atoms with Crippen LogP contribution in [-0.2, 0) is 6.54 Å². The van der Waals surface area contributed by atoms with Crippen molar-refractivity contribution in [3.05, 3.63) is 60.4 Å². The fourth-order valence-electron chi connectivity index (χ4n) is 1.56. The molecule has 0 fully saturated rings. The Kier molecular flexibility index (Phi) is 4.66. The highest BCUT2D eigenvalue weighted by Gasteiger charge is 2.01. The van der Waals surface area contributed by atoms with Crippen LogP contribution in [0.3, 0.4) is 0 Å². The Hall–Kier alpha value is -2.89. The second kappa shape index (κ2) is 6.89. The second-order valence-corrected chi connectivity index (χ2v) is 4.06. The van der Waals surface area contributed by atoms with Crippen molar-refractivity contribution in [3.63, 3.8) is 0 Å². The Bertz CT molecular complexity index is 579. The zero-order chi connectivity index (χ0) is 14.2. The Morgan fingerprint density at radius 3 is 2.65 bits per heavy atom. The van der Waals surface area contributed by atoms with Gasteiger partial charge in [0.15, 0.2) is 5.96 Å². The minimum atomic E-state index is -0.168. The number of aliphatic imine (C=N–C) groups is 1. The lowest BCUT2D eigenvalue weighted by molar-refractivity contribution is 1.02. The maximum atomic E-state index is 7.31. The van der Waals surface area contributed by atoms with Crippen LogP contribution in [0.1, 0.15) is 5.56 Å². The third-order valence-corrected chi connectivity index (χ3v) is 2.43. The highest BCUT2D eigenvalue weighted by atomic mass is 15.2. The number of para-hydroxylation sites is 1. The van der Waals surface area contributed by atoms with Gasteiger partial charge in [0.2, 0.25) is 5.96 Å². The van der Waals surface area contributed by atoms with Crippen molar-refractivity contribution >= 4 is 17.6 Å². The van der Waals surface area contributed by atoms with Gasteiger partial charge in [-0.3, -0.25) is 15.7 Å². The van der Waals surface area contributed by atoms with Crippen LogP contribution in [0.15, 0.2) is 59.9 Å². The molecule has 2 rings (SSSR count). The molecule has 6 nitrogen and oxygen atoms in total. The van der Waals surface area contributed by atoms with Crippen molar-refractivity contribution in [2.45, 2.75) is 6.54 Å². The molecule has 0 aliphatic carbocycles. The summed E-state index contributed by atoms with van der Waals surface area (Å²) < 4.78 is 0. The number of aromatic nitrogens is 1. The van der Waals surface area contributed by atoms with Crippen LogP contribution >= 0.6 is 0 Å². The van der Waals surface area contributed by atoms with E-state index in [1.807, 2.05) is 42.5 Å². The summed E-state index contributed by atoms with van der Waals surface area (Å²) >= 11 is 0. The van der Waals surface area contributed by atoms with E-state index in [2.05, 4.69) is 20.6 Å². The lowest BCUT2D eigenvalue weighted by atomic mass is 10.3. The van der Waals surface area contributed by atoms with Gasteiger partial charge in [0.1, 0.15) is 0 Å². The van der Waals surface area contributed by atoms with Gasteiger partial charge in [-0.2, -0.15) is 0 Å². The number of nitrogens with two attached hydrogens (primary N) is 1. The molecule has 6 heteroatoms. The molecule has 0 aliphatic rings. The Balaban J connectivity index is 2.08. The molecule has 0 aliphatic heterocycles. The first kappa shape index (κ1) is 13.5. The van der Waals surface area contributed by atoms with E-state index in [4.69, 9.17) is 11.1 Å². The molecule has 0 saturated carbocycles. The van der Waals surface area contributed by atoms with Gasteiger partial charge >= 0.3 is 0 Å². The summed E-state index contributed by atoms with van der Waals surface area (Å²) in [4.78, 5) is 8.39. The SMILES string of the molecule is N=C(N)N/C(=N/Cc1cccnc1)Nc1ccccc1. The summed E-state index contributed by atoms with van der Waals surface area (Å²) in [5, 5.41) is 13.1. The van der Waals surface area contributed by atoms with Crippen LogP contribution in [0.4, 0.5) is 5.69 Å². The first-order valence-electron chi connectivity index (χ1n) is 6.10. The fourth-order valence-corrected chi connectivity index (χ4v) is 1.56. The van der Waals surface area contributed by atoms with Crippen molar-refractivity contribution in [2.24, 2.45) is 10.7 Å². The van der Waals surface area contributed by atoms with Crippen molar-refractivity contribution in [1.29, 1.82) is 5.41 Å². The van der Waals surface area contributed by atoms with Crippen molar-refractivity contribution in [1.82, 2.24) is 10.3 Å². The quantitative estimate of drug-likeness (QED) is 0.501. The lowest BCUT2D eigenvalue weighted by Gasteiger charge is -2.11. The normalized spacial score (nSPS) is 10.9. The van der Waals surface area contributed by atoms with E-state index < -0.39 is 0 Å². The molecule has 1 aromatic carbocycles. The number of nitrogens with zero attached hydrogens (tertiary/aromatic N) is 2. The van der Waals surface area contributed by atoms with Gasteiger partial charge in [0.25, 0.3) is 0 Å². The zero-order valence-electron chi connectivity index (χ0n) is 10.9. The monoisotopic (exact) mass is 268 g/mol. The number of nitrogens with one attached hydrogen (secondary N) is 3. The van der Waals surface area contributed by atoms with E-state index in [0.29, 0.717) is 12.5 Å². The van der Waals surface area contributed by atoms with Gasteiger partial charge < -0.3 is 11.1 Å². The van der Waals surface area contributed by atoms with E-state index in [9.17, 15) is 0 Å². The minimum Gasteiger partial charge on any atom is -0.370 e. The van der Waals surface area contributed by atoms with E-state index in [1.165, 1.54) is 0 Å². The number of anilines is 1. The molecule has 20 heavy (non-hydrogen) atoms. The third kappa shape index (κ3) is 4.41. The zero-order valence-corrected chi connectivity index (χ0v) is 10.9. The molecule has 1 heterocycles. The highest BCUT2D eigenvalue weighted by Crippen LogP contribution is 2.05. The molecule has 0 spiro atoms. The Morgan fingerprint density at radius 1 is 1.20 bits per heavy atom. The number of benzene rings is 1. The summed E-state index contributed by atoms with van der Waals surface area (Å²) in [5.74, 6) is 0.255. The Morgan fingerprint density at radius 2 is 2.00 bits per heavy atom. The highest BCUT2D eigenvalue weighted by molar-refractivity contribution is 6.03. The van der Waals surface area contributed by atoms with Gasteiger partial charge in [-0.15, -0.1) is 0 Å². The van der Waals surface area contributed by atoms with Crippen LogP contribution in [0.2, 0.25) is 0 Å². The van der Waals surface area contributed by atoms with E-state index >= 15 is 0 Å². The molecule has 2 aromatic rings. The topological polar surface area (TPSA) is 99.2 Å². The maximum absolute atomic E-state index is 7.31. The molecular weight excluding hydrogens is 252 g/mol. The average molecular weight is 268 g/mol. The van der Waals surface area contributed by atoms with Crippen LogP contribution in [0, 0.1) is 5.41 Å². The van der Waals surface area contributed by atoms with Crippen LogP contribution in [-0.4, -0.2) is 16.9 Å². The number of hydrogen-bond donors (Lipinski definition) is 4. The summed E-state index contributed by atoms with van der Waals surface area (Å²) in [7, 11) is 0. The number of pyridine rings is 1. The maximum Gasteiger partial charge on any atom is 0.202 e. The van der Waals surface area contributed by atoms with Gasteiger partial charge in [0, 0.05) is 18.1 Å². The largest absolute Gasteiger partial charge is 0.370 e. The van der Waals surface area contributed by atoms with Crippen molar-refractivity contribution in [3.8, 4) is 0 Å². The summed E-state index contributed by atoms with van der Waals surface area (Å²) in [6.07, 6.45) is 3.46. The molecule has 0 bridgehead atoms. The third-order valence-electron chi connectivity index (χ3n) is 2.43. The summed E-state index contributed by atoms with van der Waals surface area (Å²) in [5.41, 5.74) is 7.20. The Labute approximate surface area is 117 Å². The lowest BCUT2D eigenvalue weighted by Crippen LogP contribution is -2.40. The number of rotatable bonds is 3. The van der Waals surface area contributed by atoms with E-state index in [-0.39, 0.29) is 5.96 Å². The first-order chi connectivity index (χ1) is 9.74. The predicted molar refractivity (Wildman–Crippen MR) is 80.5 cm³/mol. The standard InChI is InChI=1S/C14H16N6/c15-13(16)20-14(19-12-6-2-1-3-7-12)18-10-11-5-4-8-17-9-11/h1-9H,10H2,(H5,15,16,18,19,20). The van der Waals surface area contributed by atoms with Crippen LogP contribution < -0.4 is 16.4 Å². The molecule has 102 valence electrons. The molecule has 0 radical (unpaired) electrons.